The van der Waals surface area contributed by atoms with Crippen LogP contribution in [0.1, 0.15) is 0 Å². The lowest BCUT2D eigenvalue weighted by Gasteiger charge is -1.92. The van der Waals surface area contributed by atoms with Gasteiger partial charge in [0, 0.05) is 22.8 Å². The Labute approximate surface area is 101 Å². The van der Waals surface area contributed by atoms with Gasteiger partial charge in [0.1, 0.15) is 11.5 Å². The van der Waals surface area contributed by atoms with Crippen LogP contribution < -0.4 is 0 Å². The maximum absolute atomic E-state index is 6.00. The summed E-state index contributed by atoms with van der Waals surface area (Å²) in [6, 6.07) is 5.93. The van der Waals surface area contributed by atoms with Crippen molar-refractivity contribution in [3.05, 3.63) is 42.1 Å². The summed E-state index contributed by atoms with van der Waals surface area (Å²) in [5.74, 6) is 0. The van der Waals surface area contributed by atoms with Crippen molar-refractivity contribution < 1.29 is 0 Å². The number of fused-ring (bicyclic) bond motifs is 1. The molecule has 3 rings (SSSR count). The van der Waals surface area contributed by atoms with Gasteiger partial charge in [0.2, 0.25) is 0 Å². The molecule has 0 unspecified atom stereocenters. The van der Waals surface area contributed by atoms with Crippen LogP contribution in [0.2, 0.25) is 5.15 Å². The fourth-order valence-electron chi connectivity index (χ4n) is 1.48. The van der Waals surface area contributed by atoms with Crippen LogP contribution in [0.3, 0.4) is 0 Å². The maximum atomic E-state index is 6.00. The third-order valence-corrected chi connectivity index (χ3v) is 3.79. The zero-order valence-electron chi connectivity index (χ0n) is 8.09. The average Bonchev–Trinajstić information content (AvgIpc) is 2.76. The highest BCUT2D eigenvalue weighted by molar-refractivity contribution is 7.22. The summed E-state index contributed by atoms with van der Waals surface area (Å²) in [7, 11) is 0. The summed E-state index contributed by atoms with van der Waals surface area (Å²) in [5.41, 5.74) is 1.95. The minimum Gasteiger partial charge on any atom is -0.264 e. The number of rotatable bonds is 1. The molecule has 0 radical (unpaired) electrons. The molecule has 16 heavy (non-hydrogen) atoms. The molecule has 0 spiro atoms. The van der Waals surface area contributed by atoms with Crippen LogP contribution in [-0.2, 0) is 0 Å². The Morgan fingerprint density at radius 2 is 2.19 bits per heavy atom. The average molecular weight is 248 g/mol. The predicted molar refractivity (Wildman–Crippen MR) is 65.7 cm³/mol. The monoisotopic (exact) mass is 247 g/mol. The SMILES string of the molecule is Clc1ncnc2cc(-c3cccnc3)sc12. The lowest BCUT2D eigenvalue weighted by Crippen LogP contribution is -1.76. The van der Waals surface area contributed by atoms with Crippen molar-refractivity contribution in [2.45, 2.75) is 0 Å². The predicted octanol–water partition coefficient (Wildman–Crippen LogP) is 3.41. The van der Waals surface area contributed by atoms with Gasteiger partial charge in [0.15, 0.2) is 0 Å². The standard InChI is InChI=1S/C11H6ClN3S/c12-11-10-8(14-6-15-11)4-9(16-10)7-2-1-3-13-5-7/h1-6H. The van der Waals surface area contributed by atoms with E-state index in [0.717, 1.165) is 20.7 Å². The van der Waals surface area contributed by atoms with Crippen molar-refractivity contribution in [1.29, 1.82) is 0 Å². The van der Waals surface area contributed by atoms with Crippen LogP contribution in [0, 0.1) is 0 Å². The van der Waals surface area contributed by atoms with Gasteiger partial charge in [-0.1, -0.05) is 17.7 Å². The smallest absolute Gasteiger partial charge is 0.150 e. The molecule has 0 bridgehead atoms. The summed E-state index contributed by atoms with van der Waals surface area (Å²) in [6.07, 6.45) is 5.06. The molecular weight excluding hydrogens is 242 g/mol. The van der Waals surface area contributed by atoms with E-state index in [-0.39, 0.29) is 0 Å². The minimum absolute atomic E-state index is 0.505. The second-order valence-electron chi connectivity index (χ2n) is 3.23. The van der Waals surface area contributed by atoms with Gasteiger partial charge in [0.05, 0.1) is 10.2 Å². The zero-order valence-corrected chi connectivity index (χ0v) is 9.66. The summed E-state index contributed by atoms with van der Waals surface area (Å²) in [6.45, 7) is 0. The van der Waals surface area contributed by atoms with Gasteiger partial charge in [-0.25, -0.2) is 9.97 Å². The van der Waals surface area contributed by atoms with Gasteiger partial charge in [-0.15, -0.1) is 11.3 Å². The Kier molecular flexibility index (Phi) is 2.31. The first kappa shape index (κ1) is 9.69. The summed E-state index contributed by atoms with van der Waals surface area (Å²) < 4.78 is 0.919. The number of pyridine rings is 1. The quantitative estimate of drug-likeness (QED) is 0.619. The van der Waals surface area contributed by atoms with Crippen LogP contribution in [0.5, 0.6) is 0 Å². The van der Waals surface area contributed by atoms with Crippen LogP contribution in [0.15, 0.2) is 36.9 Å². The van der Waals surface area contributed by atoms with E-state index in [1.165, 1.54) is 6.33 Å². The number of halogens is 1. The Bertz CT molecular complexity index is 636. The van der Waals surface area contributed by atoms with Crippen LogP contribution in [0.25, 0.3) is 20.7 Å². The summed E-state index contributed by atoms with van der Waals surface area (Å²) in [5, 5.41) is 0.505. The third-order valence-electron chi connectivity index (χ3n) is 2.21. The molecule has 0 amide bonds. The Morgan fingerprint density at radius 3 is 2.94 bits per heavy atom. The molecule has 78 valence electrons. The molecule has 0 aromatic carbocycles. The fourth-order valence-corrected chi connectivity index (χ4v) is 2.71. The molecule has 0 fully saturated rings. The molecule has 0 aliphatic rings. The topological polar surface area (TPSA) is 38.7 Å². The van der Waals surface area contributed by atoms with Gasteiger partial charge in [-0.2, -0.15) is 0 Å². The third kappa shape index (κ3) is 1.56. The molecule has 0 saturated heterocycles. The highest BCUT2D eigenvalue weighted by Crippen LogP contribution is 2.34. The van der Waals surface area contributed by atoms with E-state index in [1.54, 1.807) is 17.5 Å². The zero-order chi connectivity index (χ0) is 11.0. The number of hydrogen-bond acceptors (Lipinski definition) is 4. The van der Waals surface area contributed by atoms with E-state index < -0.39 is 0 Å². The summed E-state index contributed by atoms with van der Waals surface area (Å²) >= 11 is 7.58. The second-order valence-corrected chi connectivity index (χ2v) is 4.64. The highest BCUT2D eigenvalue weighted by Gasteiger charge is 2.08. The first-order valence-electron chi connectivity index (χ1n) is 4.65. The van der Waals surface area contributed by atoms with Crippen molar-refractivity contribution in [2.24, 2.45) is 0 Å². The van der Waals surface area contributed by atoms with Crippen molar-refractivity contribution >= 4 is 33.2 Å². The Balaban J connectivity index is 2.23. The van der Waals surface area contributed by atoms with E-state index in [2.05, 4.69) is 15.0 Å². The normalized spacial score (nSPS) is 10.8. The van der Waals surface area contributed by atoms with Crippen LogP contribution in [0.4, 0.5) is 0 Å². The van der Waals surface area contributed by atoms with Gasteiger partial charge in [-0.3, -0.25) is 4.98 Å². The first-order valence-corrected chi connectivity index (χ1v) is 5.84. The van der Waals surface area contributed by atoms with Gasteiger partial charge < -0.3 is 0 Å². The molecule has 0 N–H and O–H groups in total. The highest BCUT2D eigenvalue weighted by atomic mass is 35.5. The van der Waals surface area contributed by atoms with Gasteiger partial charge in [-0.05, 0) is 12.1 Å². The lowest BCUT2D eigenvalue weighted by molar-refractivity contribution is 1.23. The molecular formula is C11H6ClN3S. The molecule has 3 aromatic heterocycles. The number of thiophene rings is 1. The number of aromatic nitrogens is 3. The Morgan fingerprint density at radius 1 is 1.25 bits per heavy atom. The fraction of sp³-hybridized carbons (Fsp3) is 0. The molecule has 0 aliphatic carbocycles. The summed E-state index contributed by atoms with van der Waals surface area (Å²) in [4.78, 5) is 13.3. The molecule has 3 heterocycles. The second kappa shape index (κ2) is 3.81. The largest absolute Gasteiger partial charge is 0.264 e. The number of nitrogens with zero attached hydrogens (tertiary/aromatic N) is 3. The molecule has 5 heteroatoms. The number of hydrogen-bond donors (Lipinski definition) is 0. The van der Waals surface area contributed by atoms with E-state index in [4.69, 9.17) is 11.6 Å². The minimum atomic E-state index is 0.505. The maximum Gasteiger partial charge on any atom is 0.150 e. The molecule has 0 atom stereocenters. The van der Waals surface area contributed by atoms with Crippen molar-refractivity contribution in [3.8, 4) is 10.4 Å². The van der Waals surface area contributed by atoms with Gasteiger partial charge in [0.25, 0.3) is 0 Å². The van der Waals surface area contributed by atoms with Crippen LogP contribution >= 0.6 is 22.9 Å². The molecule has 3 nitrogen and oxygen atoms in total. The molecule has 3 aromatic rings. The van der Waals surface area contributed by atoms with Crippen molar-refractivity contribution in [3.63, 3.8) is 0 Å². The van der Waals surface area contributed by atoms with E-state index >= 15 is 0 Å². The van der Waals surface area contributed by atoms with E-state index in [0.29, 0.717) is 5.15 Å². The van der Waals surface area contributed by atoms with Crippen molar-refractivity contribution in [2.75, 3.05) is 0 Å². The lowest BCUT2D eigenvalue weighted by atomic mass is 10.2. The Hall–Kier alpha value is -1.52. The van der Waals surface area contributed by atoms with Crippen molar-refractivity contribution in [1.82, 2.24) is 15.0 Å². The molecule has 0 saturated carbocycles. The van der Waals surface area contributed by atoms with Crippen LogP contribution in [-0.4, -0.2) is 15.0 Å². The van der Waals surface area contributed by atoms with E-state index in [1.807, 2.05) is 24.4 Å². The molecule has 0 aliphatic heterocycles. The van der Waals surface area contributed by atoms with E-state index in [9.17, 15) is 0 Å². The van der Waals surface area contributed by atoms with Gasteiger partial charge >= 0.3 is 0 Å². The first-order chi connectivity index (χ1) is 7.84.